The van der Waals surface area contributed by atoms with E-state index in [1.54, 1.807) is 0 Å². The number of nitrogens with zero attached hydrogens (tertiary/aromatic N) is 2. The van der Waals surface area contributed by atoms with E-state index in [1.807, 2.05) is 0 Å². The number of aromatic nitrogens is 1. The highest BCUT2D eigenvalue weighted by atomic mass is 16.3. The van der Waals surface area contributed by atoms with Gasteiger partial charge < -0.3 is 14.6 Å². The zero-order valence-electron chi connectivity index (χ0n) is 11.9. The fraction of sp³-hybridized carbons (Fsp3) is 0.500. The minimum atomic E-state index is -0.336. The van der Waals surface area contributed by atoms with E-state index in [-0.39, 0.29) is 6.10 Å². The van der Waals surface area contributed by atoms with Gasteiger partial charge in [-0.1, -0.05) is 18.2 Å². The summed E-state index contributed by atoms with van der Waals surface area (Å²) in [6, 6.07) is 8.40. The van der Waals surface area contributed by atoms with Crippen molar-refractivity contribution in [2.45, 2.75) is 18.9 Å². The van der Waals surface area contributed by atoms with Crippen LogP contribution in [0.1, 0.15) is 23.8 Å². The van der Waals surface area contributed by atoms with Gasteiger partial charge in [0.15, 0.2) is 0 Å². The molecule has 1 heterocycles. The largest absolute Gasteiger partial charge is 0.388 e. The van der Waals surface area contributed by atoms with Gasteiger partial charge in [-0.25, -0.2) is 0 Å². The fourth-order valence-electron chi connectivity index (χ4n) is 3.48. The summed E-state index contributed by atoms with van der Waals surface area (Å²) in [5.41, 5.74) is 3.71. The normalized spacial score (nSPS) is 23.0. The lowest BCUT2D eigenvalue weighted by atomic mass is 9.83. The molecule has 0 fully saturated rings. The molecule has 102 valence electrons. The third-order valence-electron chi connectivity index (χ3n) is 4.37. The van der Waals surface area contributed by atoms with Gasteiger partial charge in [-0.15, -0.1) is 0 Å². The summed E-state index contributed by atoms with van der Waals surface area (Å²) in [7, 11) is 6.26. The first-order valence-corrected chi connectivity index (χ1v) is 6.98. The third-order valence-corrected chi connectivity index (χ3v) is 4.37. The quantitative estimate of drug-likeness (QED) is 0.895. The second-order valence-electron chi connectivity index (χ2n) is 5.94. The molecule has 0 saturated carbocycles. The molecule has 0 amide bonds. The van der Waals surface area contributed by atoms with Gasteiger partial charge in [0, 0.05) is 41.7 Å². The number of aliphatic hydroxyl groups is 1. The average molecular weight is 258 g/mol. The van der Waals surface area contributed by atoms with Crippen LogP contribution in [0.5, 0.6) is 0 Å². The maximum Gasteiger partial charge on any atom is 0.0853 e. The molecule has 0 bridgehead atoms. The molecule has 2 unspecified atom stereocenters. The number of aryl methyl sites for hydroxylation is 1. The number of fused-ring (bicyclic) bond motifs is 3. The summed E-state index contributed by atoms with van der Waals surface area (Å²) in [6.07, 6.45) is 1.80. The molecule has 1 aromatic carbocycles. The molecule has 1 aromatic heterocycles. The number of benzene rings is 1. The van der Waals surface area contributed by atoms with E-state index in [9.17, 15) is 5.11 Å². The molecule has 3 nitrogen and oxygen atoms in total. The Hall–Kier alpha value is -1.32. The van der Waals surface area contributed by atoms with Gasteiger partial charge in [-0.3, -0.25) is 0 Å². The molecule has 19 heavy (non-hydrogen) atoms. The molecule has 3 rings (SSSR count). The van der Waals surface area contributed by atoms with Crippen molar-refractivity contribution in [1.82, 2.24) is 9.47 Å². The standard InChI is InChI=1S/C16H22N2O/c1-17(2)10-11-8-9-14-15(16(11)19)12-6-4-5-7-13(12)18(14)3/h4-7,11,16,19H,8-10H2,1-3H3. The van der Waals surface area contributed by atoms with Crippen LogP contribution in [0, 0.1) is 5.92 Å². The van der Waals surface area contributed by atoms with Gasteiger partial charge in [0.25, 0.3) is 0 Å². The Bertz CT molecular complexity index is 600. The molecule has 3 heteroatoms. The summed E-state index contributed by atoms with van der Waals surface area (Å²) in [5.74, 6) is 0.341. The summed E-state index contributed by atoms with van der Waals surface area (Å²) < 4.78 is 2.25. The van der Waals surface area contributed by atoms with Gasteiger partial charge in [0.05, 0.1) is 6.10 Å². The van der Waals surface area contributed by atoms with E-state index >= 15 is 0 Å². The Labute approximate surface area is 114 Å². The van der Waals surface area contributed by atoms with Crippen LogP contribution < -0.4 is 0 Å². The van der Waals surface area contributed by atoms with Crippen LogP contribution in [-0.4, -0.2) is 35.2 Å². The van der Waals surface area contributed by atoms with Crippen LogP contribution in [0.3, 0.4) is 0 Å². The van der Waals surface area contributed by atoms with Gasteiger partial charge in [-0.2, -0.15) is 0 Å². The lowest BCUT2D eigenvalue weighted by molar-refractivity contribution is 0.0772. The molecular weight excluding hydrogens is 236 g/mol. The maximum atomic E-state index is 10.7. The highest BCUT2D eigenvalue weighted by molar-refractivity contribution is 5.86. The molecule has 1 aliphatic carbocycles. The minimum absolute atomic E-state index is 0.336. The van der Waals surface area contributed by atoms with Crippen molar-refractivity contribution in [3.63, 3.8) is 0 Å². The smallest absolute Gasteiger partial charge is 0.0853 e. The van der Waals surface area contributed by atoms with E-state index in [1.165, 1.54) is 16.6 Å². The first kappa shape index (κ1) is 12.7. The topological polar surface area (TPSA) is 28.4 Å². The summed E-state index contributed by atoms with van der Waals surface area (Å²) >= 11 is 0. The second kappa shape index (κ2) is 4.66. The Morgan fingerprint density at radius 1 is 1.32 bits per heavy atom. The zero-order valence-corrected chi connectivity index (χ0v) is 11.9. The van der Waals surface area contributed by atoms with E-state index in [2.05, 4.69) is 54.9 Å². The van der Waals surface area contributed by atoms with Gasteiger partial charge in [-0.05, 0) is 33.0 Å². The molecule has 1 N–H and O–H groups in total. The first-order chi connectivity index (χ1) is 9.09. The summed E-state index contributed by atoms with van der Waals surface area (Å²) in [5, 5.41) is 12.0. The Morgan fingerprint density at radius 2 is 2.05 bits per heavy atom. The van der Waals surface area contributed by atoms with E-state index in [0.717, 1.165) is 24.9 Å². The van der Waals surface area contributed by atoms with Crippen molar-refractivity contribution in [3.8, 4) is 0 Å². The number of rotatable bonds is 2. The van der Waals surface area contributed by atoms with Crippen LogP contribution in [0.25, 0.3) is 10.9 Å². The molecular formula is C16H22N2O. The van der Waals surface area contributed by atoms with E-state index in [0.29, 0.717) is 5.92 Å². The molecule has 0 spiro atoms. The molecule has 0 saturated heterocycles. The number of hydrogen-bond donors (Lipinski definition) is 1. The predicted molar refractivity (Wildman–Crippen MR) is 78.2 cm³/mol. The van der Waals surface area contributed by atoms with Crippen LogP contribution in [-0.2, 0) is 13.5 Å². The van der Waals surface area contributed by atoms with Crippen LogP contribution >= 0.6 is 0 Å². The minimum Gasteiger partial charge on any atom is -0.388 e. The van der Waals surface area contributed by atoms with Crippen molar-refractivity contribution in [2.24, 2.45) is 13.0 Å². The fourth-order valence-corrected chi connectivity index (χ4v) is 3.48. The predicted octanol–water partition coefficient (Wildman–Crippen LogP) is 2.34. The van der Waals surface area contributed by atoms with Crippen molar-refractivity contribution < 1.29 is 5.11 Å². The maximum absolute atomic E-state index is 10.7. The number of hydrogen-bond acceptors (Lipinski definition) is 2. The monoisotopic (exact) mass is 258 g/mol. The van der Waals surface area contributed by atoms with E-state index < -0.39 is 0 Å². The van der Waals surface area contributed by atoms with Crippen LogP contribution in [0.2, 0.25) is 0 Å². The first-order valence-electron chi connectivity index (χ1n) is 6.98. The molecule has 0 radical (unpaired) electrons. The average Bonchev–Trinajstić information content (AvgIpc) is 2.67. The van der Waals surface area contributed by atoms with Crippen molar-refractivity contribution in [1.29, 1.82) is 0 Å². The summed E-state index contributed by atoms with van der Waals surface area (Å²) in [6.45, 7) is 0.948. The van der Waals surface area contributed by atoms with Gasteiger partial charge >= 0.3 is 0 Å². The highest BCUT2D eigenvalue weighted by Gasteiger charge is 2.32. The van der Waals surface area contributed by atoms with Crippen molar-refractivity contribution in [2.75, 3.05) is 20.6 Å². The van der Waals surface area contributed by atoms with Crippen molar-refractivity contribution in [3.05, 3.63) is 35.5 Å². The summed E-state index contributed by atoms with van der Waals surface area (Å²) in [4.78, 5) is 2.17. The molecule has 0 aliphatic heterocycles. The van der Waals surface area contributed by atoms with Gasteiger partial charge in [0.2, 0.25) is 0 Å². The Balaban J connectivity index is 2.10. The SMILES string of the molecule is CN(C)CC1CCc2c(c3ccccc3n2C)C1O. The molecule has 1 aliphatic rings. The van der Waals surface area contributed by atoms with E-state index in [4.69, 9.17) is 0 Å². The highest BCUT2D eigenvalue weighted by Crippen LogP contribution is 2.40. The number of aliphatic hydroxyl groups excluding tert-OH is 1. The number of para-hydroxylation sites is 1. The lowest BCUT2D eigenvalue weighted by Crippen LogP contribution is -2.30. The molecule has 2 atom stereocenters. The third kappa shape index (κ3) is 1.97. The van der Waals surface area contributed by atoms with Crippen LogP contribution in [0.4, 0.5) is 0 Å². The lowest BCUT2D eigenvalue weighted by Gasteiger charge is -2.31. The van der Waals surface area contributed by atoms with Crippen molar-refractivity contribution >= 4 is 10.9 Å². The van der Waals surface area contributed by atoms with Gasteiger partial charge in [0.1, 0.15) is 0 Å². The second-order valence-corrected chi connectivity index (χ2v) is 5.94. The Kier molecular flexibility index (Phi) is 3.11. The zero-order chi connectivity index (χ0) is 13.6. The molecule has 2 aromatic rings. The Morgan fingerprint density at radius 3 is 2.79 bits per heavy atom. The van der Waals surface area contributed by atoms with Crippen LogP contribution in [0.15, 0.2) is 24.3 Å².